The number of carbonyl (C=O) groups excluding carboxylic acids is 2. The van der Waals surface area contributed by atoms with Crippen molar-refractivity contribution in [3.05, 3.63) is 66.0 Å². The predicted molar refractivity (Wildman–Crippen MR) is 126 cm³/mol. The molecule has 3 rings (SSSR count). The van der Waals surface area contributed by atoms with Crippen LogP contribution in [0.1, 0.15) is 18.9 Å². The molecule has 8 nitrogen and oxygen atoms in total. The summed E-state index contributed by atoms with van der Waals surface area (Å²) in [6.07, 6.45) is 3.44. The largest absolute Gasteiger partial charge is 0.497 e. The number of nitrogens with zero attached hydrogens (tertiary/aromatic N) is 2. The first kappa shape index (κ1) is 25.4. The van der Waals surface area contributed by atoms with Gasteiger partial charge in [0, 0.05) is 32.3 Å². The first-order valence-electron chi connectivity index (χ1n) is 10.9. The quantitative estimate of drug-likeness (QED) is 0.602. The van der Waals surface area contributed by atoms with Crippen molar-refractivity contribution < 1.29 is 27.1 Å². The highest BCUT2D eigenvalue weighted by Gasteiger charge is 2.29. The highest BCUT2D eigenvalue weighted by Crippen LogP contribution is 2.18. The van der Waals surface area contributed by atoms with Gasteiger partial charge in [-0.1, -0.05) is 12.1 Å². The van der Waals surface area contributed by atoms with Crippen LogP contribution in [0.2, 0.25) is 0 Å². The van der Waals surface area contributed by atoms with Gasteiger partial charge < -0.3 is 15.0 Å². The molecule has 2 amide bonds. The Morgan fingerprint density at radius 2 is 1.71 bits per heavy atom. The van der Waals surface area contributed by atoms with Crippen LogP contribution in [0.3, 0.4) is 0 Å². The van der Waals surface area contributed by atoms with Crippen LogP contribution in [0.25, 0.3) is 6.08 Å². The zero-order valence-corrected chi connectivity index (χ0v) is 19.9. The molecule has 2 aromatic rings. The van der Waals surface area contributed by atoms with Crippen LogP contribution in [0.15, 0.2) is 59.5 Å². The van der Waals surface area contributed by atoms with Crippen LogP contribution in [0, 0.1) is 5.82 Å². The van der Waals surface area contributed by atoms with Crippen LogP contribution in [0.4, 0.5) is 4.39 Å². The zero-order valence-electron chi connectivity index (χ0n) is 19.1. The summed E-state index contributed by atoms with van der Waals surface area (Å²) in [6.45, 7) is 2.52. The summed E-state index contributed by atoms with van der Waals surface area (Å²) < 4.78 is 45.3. The van der Waals surface area contributed by atoms with E-state index in [1.165, 1.54) is 22.5 Å². The molecule has 1 atom stereocenters. The van der Waals surface area contributed by atoms with E-state index in [1.807, 2.05) is 0 Å². The third kappa shape index (κ3) is 6.42. The minimum absolute atomic E-state index is 0.0120. The number of hydrogen-bond donors (Lipinski definition) is 1. The van der Waals surface area contributed by atoms with E-state index in [0.717, 1.165) is 17.7 Å². The second-order valence-electron chi connectivity index (χ2n) is 7.87. The molecule has 0 saturated carbocycles. The molecule has 2 aromatic carbocycles. The smallest absolute Gasteiger partial charge is 0.244 e. The molecule has 34 heavy (non-hydrogen) atoms. The van der Waals surface area contributed by atoms with Crippen molar-refractivity contribution >= 4 is 27.9 Å². The molecule has 1 aliphatic heterocycles. The standard InChI is InChI=1S/C24H28FN3O5S/c1-18(26-23(29)13-6-19-4-9-21(33-2)10-5-19)24(30)27-14-3-15-28(17-16-27)34(31,32)22-11-7-20(25)8-12-22/h4-13,18H,3,14-17H2,1-2H3,(H,26,29)/b13-6+. The lowest BCUT2D eigenvalue weighted by atomic mass is 10.2. The second-order valence-corrected chi connectivity index (χ2v) is 9.81. The number of amides is 2. The molecule has 0 aliphatic carbocycles. The number of benzene rings is 2. The van der Waals surface area contributed by atoms with Crippen molar-refractivity contribution in [2.75, 3.05) is 33.3 Å². The number of hydrogen-bond acceptors (Lipinski definition) is 5. The van der Waals surface area contributed by atoms with Crippen molar-refractivity contribution in [2.45, 2.75) is 24.3 Å². The maximum absolute atomic E-state index is 13.2. The fourth-order valence-electron chi connectivity index (χ4n) is 3.59. The number of sulfonamides is 1. The first-order valence-corrected chi connectivity index (χ1v) is 12.3. The van der Waals surface area contributed by atoms with Gasteiger partial charge in [-0.15, -0.1) is 0 Å². The minimum Gasteiger partial charge on any atom is -0.497 e. The topological polar surface area (TPSA) is 96.0 Å². The van der Waals surface area contributed by atoms with Gasteiger partial charge in [-0.25, -0.2) is 12.8 Å². The Bertz CT molecular complexity index is 1130. The SMILES string of the molecule is COc1ccc(/C=C/C(=O)NC(C)C(=O)N2CCCN(S(=O)(=O)c3ccc(F)cc3)CC2)cc1. The van der Waals surface area contributed by atoms with Gasteiger partial charge in [0.25, 0.3) is 0 Å². The summed E-state index contributed by atoms with van der Waals surface area (Å²) in [6, 6.07) is 11.1. The Kier molecular flexibility index (Phi) is 8.41. The number of carbonyl (C=O) groups is 2. The fraction of sp³-hybridized carbons (Fsp3) is 0.333. The molecule has 0 aromatic heterocycles. The highest BCUT2D eigenvalue weighted by atomic mass is 32.2. The molecule has 0 bridgehead atoms. The molecule has 1 unspecified atom stereocenters. The molecular formula is C24H28FN3O5S. The fourth-order valence-corrected chi connectivity index (χ4v) is 5.06. The van der Waals surface area contributed by atoms with Crippen LogP contribution < -0.4 is 10.1 Å². The van der Waals surface area contributed by atoms with E-state index in [0.29, 0.717) is 18.7 Å². The zero-order chi connectivity index (χ0) is 24.7. The molecule has 182 valence electrons. The van der Waals surface area contributed by atoms with Gasteiger partial charge in [0.05, 0.1) is 12.0 Å². The summed E-state index contributed by atoms with van der Waals surface area (Å²) >= 11 is 0. The summed E-state index contributed by atoms with van der Waals surface area (Å²) in [5, 5.41) is 2.65. The van der Waals surface area contributed by atoms with Crippen molar-refractivity contribution in [3.63, 3.8) is 0 Å². The average molecular weight is 490 g/mol. The van der Waals surface area contributed by atoms with Gasteiger partial charge in [-0.05, 0) is 61.4 Å². The van der Waals surface area contributed by atoms with Gasteiger partial charge >= 0.3 is 0 Å². The minimum atomic E-state index is -3.79. The molecule has 1 saturated heterocycles. The molecule has 0 spiro atoms. The second kappa shape index (κ2) is 11.3. The summed E-state index contributed by atoms with van der Waals surface area (Å²) in [5.41, 5.74) is 0.810. The van der Waals surface area contributed by atoms with Crippen LogP contribution in [-0.2, 0) is 19.6 Å². The van der Waals surface area contributed by atoms with Crippen LogP contribution >= 0.6 is 0 Å². The van der Waals surface area contributed by atoms with Crippen molar-refractivity contribution in [2.24, 2.45) is 0 Å². The molecule has 10 heteroatoms. The number of halogens is 1. The van der Waals surface area contributed by atoms with E-state index in [1.54, 1.807) is 49.3 Å². The van der Waals surface area contributed by atoms with E-state index >= 15 is 0 Å². The third-order valence-corrected chi connectivity index (χ3v) is 7.40. The molecule has 1 aliphatic rings. The Hall–Kier alpha value is -3.24. The van der Waals surface area contributed by atoms with E-state index in [9.17, 15) is 22.4 Å². The number of ether oxygens (including phenoxy) is 1. The van der Waals surface area contributed by atoms with Crippen LogP contribution in [-0.4, -0.2) is 68.8 Å². The normalized spacial score (nSPS) is 16.1. The summed E-state index contributed by atoms with van der Waals surface area (Å²) in [5.74, 6) is -0.497. The lowest BCUT2D eigenvalue weighted by Gasteiger charge is -2.25. The number of rotatable bonds is 7. The van der Waals surface area contributed by atoms with E-state index in [-0.39, 0.29) is 30.4 Å². The highest BCUT2D eigenvalue weighted by molar-refractivity contribution is 7.89. The van der Waals surface area contributed by atoms with Crippen LogP contribution in [0.5, 0.6) is 5.75 Å². The maximum Gasteiger partial charge on any atom is 0.244 e. The lowest BCUT2D eigenvalue weighted by molar-refractivity contribution is -0.135. The van der Waals surface area contributed by atoms with Crippen molar-refractivity contribution in [1.29, 1.82) is 0 Å². The molecule has 1 heterocycles. The number of methoxy groups -OCH3 is 1. The Labute approximate surface area is 199 Å². The van der Waals surface area contributed by atoms with Gasteiger partial charge in [-0.3, -0.25) is 9.59 Å². The maximum atomic E-state index is 13.2. The third-order valence-electron chi connectivity index (χ3n) is 5.49. The Morgan fingerprint density at radius 3 is 2.35 bits per heavy atom. The summed E-state index contributed by atoms with van der Waals surface area (Å²) in [7, 11) is -2.21. The molecular weight excluding hydrogens is 461 g/mol. The first-order chi connectivity index (χ1) is 16.2. The Balaban J connectivity index is 1.55. The number of nitrogens with one attached hydrogen (secondary N) is 1. The molecule has 1 N–H and O–H groups in total. The molecule has 0 radical (unpaired) electrons. The van der Waals surface area contributed by atoms with Gasteiger partial charge in [-0.2, -0.15) is 4.31 Å². The lowest BCUT2D eigenvalue weighted by Crippen LogP contribution is -2.47. The predicted octanol–water partition coefficient (Wildman–Crippen LogP) is 2.28. The Morgan fingerprint density at radius 1 is 1.03 bits per heavy atom. The van der Waals surface area contributed by atoms with Gasteiger partial charge in [0.2, 0.25) is 21.8 Å². The van der Waals surface area contributed by atoms with Crippen molar-refractivity contribution in [3.8, 4) is 5.75 Å². The van der Waals surface area contributed by atoms with Gasteiger partial charge in [0.15, 0.2) is 0 Å². The van der Waals surface area contributed by atoms with Gasteiger partial charge in [0.1, 0.15) is 17.6 Å². The van der Waals surface area contributed by atoms with E-state index in [2.05, 4.69) is 5.32 Å². The van der Waals surface area contributed by atoms with Crippen molar-refractivity contribution in [1.82, 2.24) is 14.5 Å². The summed E-state index contributed by atoms with van der Waals surface area (Å²) in [4.78, 5) is 26.7. The molecule has 1 fully saturated rings. The van der Waals surface area contributed by atoms with E-state index in [4.69, 9.17) is 4.74 Å². The monoisotopic (exact) mass is 489 g/mol. The average Bonchev–Trinajstić information content (AvgIpc) is 3.10. The van der Waals surface area contributed by atoms with E-state index < -0.39 is 27.8 Å².